The Bertz CT molecular complexity index is 257. The maximum Gasteiger partial charge on any atom is 0.0350 e. The molecule has 4 heteroatoms. The molecule has 2 fully saturated rings. The minimum absolute atomic E-state index is 0.606. The maximum absolute atomic E-state index is 3.98. The van der Waals surface area contributed by atoms with Gasteiger partial charge in [-0.25, -0.2) is 0 Å². The largest absolute Gasteiger partial charge is 0.371 e. The van der Waals surface area contributed by atoms with Crippen molar-refractivity contribution in [2.24, 2.45) is 0 Å². The number of rotatable bonds is 2. The van der Waals surface area contributed by atoms with Gasteiger partial charge >= 0.3 is 0 Å². The van der Waals surface area contributed by atoms with Crippen LogP contribution in [0.4, 0.5) is 0 Å². The highest BCUT2D eigenvalue weighted by Crippen LogP contribution is 2.08. The quantitative estimate of drug-likeness (QED) is 0.785. The maximum atomic E-state index is 3.98. The van der Waals surface area contributed by atoms with Gasteiger partial charge in [-0.15, -0.1) is 0 Å². The summed E-state index contributed by atoms with van der Waals surface area (Å²) in [7, 11) is 0. The topological polar surface area (TPSA) is 30.5 Å². The van der Waals surface area contributed by atoms with E-state index in [0.29, 0.717) is 6.04 Å². The molecule has 0 aromatic carbocycles. The zero-order valence-corrected chi connectivity index (χ0v) is 13.2. The molecular weight excluding hydrogens is 236 g/mol. The van der Waals surface area contributed by atoms with Crippen LogP contribution in [0.1, 0.15) is 27.7 Å². The molecule has 0 aromatic rings. The smallest absolute Gasteiger partial charge is 0.0350 e. The Hall–Kier alpha value is -0.580. The fourth-order valence-corrected chi connectivity index (χ4v) is 2.51. The van der Waals surface area contributed by atoms with Crippen molar-refractivity contribution in [2.45, 2.75) is 39.8 Å². The van der Waals surface area contributed by atoms with Gasteiger partial charge in [0, 0.05) is 63.6 Å². The highest BCUT2D eigenvalue weighted by molar-refractivity contribution is 5.00. The summed E-state index contributed by atoms with van der Waals surface area (Å²) in [6.07, 6.45) is 0. The van der Waals surface area contributed by atoms with Crippen molar-refractivity contribution in [3.8, 4) is 0 Å². The van der Waals surface area contributed by atoms with E-state index in [1.807, 2.05) is 0 Å². The summed E-state index contributed by atoms with van der Waals surface area (Å²) in [5.41, 5.74) is 1.22. The Morgan fingerprint density at radius 3 is 1.84 bits per heavy atom. The van der Waals surface area contributed by atoms with Gasteiger partial charge in [0.15, 0.2) is 0 Å². The molecule has 0 spiro atoms. The minimum Gasteiger partial charge on any atom is -0.371 e. The molecule has 0 unspecified atom stereocenters. The standard InChI is InChI=1S/C8H16N2.C7H16N2/c1-7(2)10-5-4-9-6-8(10)3;1-7(2)9-5-3-8-4-6-9/h7,9H,3-6H2,1-2H3;7-8H,3-6H2,1-2H3. The molecule has 0 amide bonds. The summed E-state index contributed by atoms with van der Waals surface area (Å²) in [5.74, 6) is 0. The molecular formula is C15H32N4. The third-order valence-electron chi connectivity index (χ3n) is 3.77. The summed E-state index contributed by atoms with van der Waals surface area (Å²) in [6, 6.07) is 1.33. The summed E-state index contributed by atoms with van der Waals surface area (Å²) < 4.78 is 0. The Morgan fingerprint density at radius 2 is 1.47 bits per heavy atom. The van der Waals surface area contributed by atoms with E-state index in [0.717, 1.165) is 38.8 Å². The van der Waals surface area contributed by atoms with E-state index in [-0.39, 0.29) is 0 Å². The minimum atomic E-state index is 0.606. The zero-order chi connectivity index (χ0) is 14.3. The lowest BCUT2D eigenvalue weighted by Gasteiger charge is -2.34. The third kappa shape index (κ3) is 5.93. The van der Waals surface area contributed by atoms with Crippen LogP contribution < -0.4 is 10.6 Å². The van der Waals surface area contributed by atoms with Gasteiger partial charge in [0.1, 0.15) is 0 Å². The van der Waals surface area contributed by atoms with E-state index in [2.05, 4.69) is 54.7 Å². The van der Waals surface area contributed by atoms with E-state index in [1.54, 1.807) is 0 Å². The van der Waals surface area contributed by atoms with Gasteiger partial charge in [0.05, 0.1) is 0 Å². The number of nitrogens with one attached hydrogen (secondary N) is 2. The molecule has 0 radical (unpaired) electrons. The van der Waals surface area contributed by atoms with Crippen LogP contribution in [0, 0.1) is 0 Å². The first-order chi connectivity index (χ1) is 9.02. The van der Waals surface area contributed by atoms with E-state index < -0.39 is 0 Å². The van der Waals surface area contributed by atoms with Crippen LogP contribution in [0.25, 0.3) is 0 Å². The number of nitrogens with zero attached hydrogens (tertiary/aromatic N) is 2. The summed E-state index contributed by atoms with van der Waals surface area (Å²) in [6.45, 7) is 20.8. The molecule has 4 nitrogen and oxygen atoms in total. The summed E-state index contributed by atoms with van der Waals surface area (Å²) >= 11 is 0. The third-order valence-corrected chi connectivity index (χ3v) is 3.77. The fraction of sp³-hybridized carbons (Fsp3) is 0.867. The molecule has 2 rings (SSSR count). The molecule has 2 heterocycles. The second kappa shape index (κ2) is 8.56. The first kappa shape index (κ1) is 16.5. The number of hydrogen-bond acceptors (Lipinski definition) is 4. The first-order valence-corrected chi connectivity index (χ1v) is 7.62. The van der Waals surface area contributed by atoms with Crippen molar-refractivity contribution in [1.82, 2.24) is 20.4 Å². The highest BCUT2D eigenvalue weighted by Gasteiger charge is 2.14. The van der Waals surface area contributed by atoms with Crippen molar-refractivity contribution in [3.63, 3.8) is 0 Å². The van der Waals surface area contributed by atoms with Crippen LogP contribution in [0.5, 0.6) is 0 Å². The van der Waals surface area contributed by atoms with Crippen LogP contribution in [-0.2, 0) is 0 Å². The normalized spacial score (nSPS) is 21.6. The van der Waals surface area contributed by atoms with Gasteiger partial charge in [-0.05, 0) is 27.7 Å². The lowest BCUT2D eigenvalue weighted by Crippen LogP contribution is -2.46. The van der Waals surface area contributed by atoms with Crippen molar-refractivity contribution >= 4 is 0 Å². The van der Waals surface area contributed by atoms with Crippen LogP contribution in [0.15, 0.2) is 12.3 Å². The molecule has 112 valence electrons. The van der Waals surface area contributed by atoms with Crippen molar-refractivity contribution in [3.05, 3.63) is 12.3 Å². The molecule has 0 atom stereocenters. The van der Waals surface area contributed by atoms with Crippen molar-refractivity contribution < 1.29 is 0 Å². The second-order valence-corrected chi connectivity index (χ2v) is 5.91. The number of hydrogen-bond donors (Lipinski definition) is 2. The number of piperazine rings is 2. The van der Waals surface area contributed by atoms with Gasteiger partial charge in [-0.2, -0.15) is 0 Å². The Kier molecular flexibility index (Phi) is 7.42. The molecule has 0 bridgehead atoms. The average molecular weight is 268 g/mol. The van der Waals surface area contributed by atoms with E-state index in [4.69, 9.17) is 0 Å². The highest BCUT2D eigenvalue weighted by atomic mass is 15.2. The Labute approximate surface area is 119 Å². The summed E-state index contributed by atoms with van der Waals surface area (Å²) in [5, 5.41) is 6.61. The van der Waals surface area contributed by atoms with Gasteiger partial charge in [-0.3, -0.25) is 4.90 Å². The SMILES string of the molecule is C=C1CNCCN1C(C)C.CC(C)N1CCNCC1. The van der Waals surface area contributed by atoms with Crippen LogP contribution >= 0.6 is 0 Å². The zero-order valence-electron chi connectivity index (χ0n) is 13.2. The molecule has 0 aliphatic carbocycles. The summed E-state index contributed by atoms with van der Waals surface area (Å²) in [4.78, 5) is 4.84. The van der Waals surface area contributed by atoms with Crippen LogP contribution in [0.2, 0.25) is 0 Å². The molecule has 0 saturated carbocycles. The lowest BCUT2D eigenvalue weighted by molar-refractivity contribution is 0.196. The first-order valence-electron chi connectivity index (χ1n) is 7.62. The van der Waals surface area contributed by atoms with Crippen molar-refractivity contribution in [1.29, 1.82) is 0 Å². The molecule has 19 heavy (non-hydrogen) atoms. The second-order valence-electron chi connectivity index (χ2n) is 5.91. The Balaban J connectivity index is 0.000000191. The van der Waals surface area contributed by atoms with Gasteiger partial charge in [-0.1, -0.05) is 6.58 Å². The van der Waals surface area contributed by atoms with Gasteiger partial charge < -0.3 is 15.5 Å². The predicted octanol–water partition coefficient (Wildman–Crippen LogP) is 1.11. The molecule has 2 aliphatic rings. The monoisotopic (exact) mass is 268 g/mol. The predicted molar refractivity (Wildman–Crippen MR) is 83.4 cm³/mol. The lowest BCUT2D eigenvalue weighted by atomic mass is 10.2. The van der Waals surface area contributed by atoms with Gasteiger partial charge in [0.25, 0.3) is 0 Å². The molecule has 2 aliphatic heterocycles. The molecule has 0 aromatic heterocycles. The van der Waals surface area contributed by atoms with Gasteiger partial charge in [0.2, 0.25) is 0 Å². The van der Waals surface area contributed by atoms with Crippen LogP contribution in [0.3, 0.4) is 0 Å². The Morgan fingerprint density at radius 1 is 0.895 bits per heavy atom. The van der Waals surface area contributed by atoms with Crippen molar-refractivity contribution in [2.75, 3.05) is 45.8 Å². The average Bonchev–Trinajstić information content (AvgIpc) is 2.40. The van der Waals surface area contributed by atoms with Crippen LogP contribution in [-0.4, -0.2) is 67.7 Å². The fourth-order valence-electron chi connectivity index (χ4n) is 2.51. The van der Waals surface area contributed by atoms with E-state index >= 15 is 0 Å². The molecule has 2 saturated heterocycles. The van der Waals surface area contributed by atoms with E-state index in [9.17, 15) is 0 Å². The molecule has 2 N–H and O–H groups in total. The van der Waals surface area contributed by atoms with E-state index in [1.165, 1.54) is 18.8 Å².